The lowest BCUT2D eigenvalue weighted by atomic mass is 10.2. The Labute approximate surface area is 110 Å². The first kappa shape index (κ1) is 12.0. The van der Waals surface area contributed by atoms with E-state index in [4.69, 9.17) is 4.52 Å². The monoisotopic (exact) mass is 273 g/mol. The van der Waals surface area contributed by atoms with Crippen molar-refractivity contribution in [1.29, 1.82) is 0 Å². The molecule has 0 spiro atoms. The summed E-state index contributed by atoms with van der Waals surface area (Å²) in [5.74, 6) is 0.638. The van der Waals surface area contributed by atoms with Gasteiger partial charge in [0, 0.05) is 19.1 Å². The van der Waals surface area contributed by atoms with Crippen LogP contribution in [0.1, 0.15) is 5.89 Å². The first-order valence-electron chi connectivity index (χ1n) is 5.54. The molecule has 0 aliphatic rings. The summed E-state index contributed by atoms with van der Waals surface area (Å²) >= 11 is 0. The van der Waals surface area contributed by atoms with Gasteiger partial charge in [-0.2, -0.15) is 4.98 Å². The maximum absolute atomic E-state index is 12.0. The predicted molar refractivity (Wildman–Crippen MR) is 67.0 cm³/mol. The van der Waals surface area contributed by atoms with Crippen molar-refractivity contribution >= 4 is 16.6 Å². The molecule has 100 valence electrons. The molecule has 9 heteroatoms. The number of H-pyrrole nitrogens is 1. The maximum atomic E-state index is 12.0. The van der Waals surface area contributed by atoms with Gasteiger partial charge in [0.1, 0.15) is 0 Å². The predicted octanol–water partition coefficient (Wildman–Crippen LogP) is 1.19. The van der Waals surface area contributed by atoms with E-state index in [1.807, 2.05) is 0 Å². The number of hydrogen-bond acceptors (Lipinski definition) is 7. The Kier molecular flexibility index (Phi) is 2.53. The zero-order valence-corrected chi connectivity index (χ0v) is 10.2. The summed E-state index contributed by atoms with van der Waals surface area (Å²) in [5.41, 5.74) is -0.360. The van der Waals surface area contributed by atoms with Crippen LogP contribution in [0.3, 0.4) is 0 Å². The second-order valence-electron chi connectivity index (χ2n) is 4.01. The van der Waals surface area contributed by atoms with E-state index in [2.05, 4.69) is 20.1 Å². The van der Waals surface area contributed by atoms with Gasteiger partial charge in [-0.3, -0.25) is 14.9 Å². The van der Waals surface area contributed by atoms with Crippen molar-refractivity contribution in [2.75, 3.05) is 0 Å². The normalized spacial score (nSPS) is 10.8. The van der Waals surface area contributed by atoms with Gasteiger partial charge in [-0.15, -0.1) is 0 Å². The first-order valence-corrected chi connectivity index (χ1v) is 5.54. The van der Waals surface area contributed by atoms with Gasteiger partial charge in [-0.05, 0) is 6.07 Å². The number of aromatic amines is 1. The average Bonchev–Trinajstić information content (AvgIpc) is 2.85. The molecule has 3 rings (SSSR count). The van der Waals surface area contributed by atoms with Crippen molar-refractivity contribution in [2.24, 2.45) is 0 Å². The molecule has 0 atom stereocenters. The van der Waals surface area contributed by atoms with Crippen molar-refractivity contribution in [3.63, 3.8) is 0 Å². The standard InChI is InChI=1S/C11H7N5O4/c1-5-12-10(15-20-5)9-13-8-3-2-6(16(18)19)4-7(8)11(17)14-9/h2-4H,1H3,(H,13,14,17). The summed E-state index contributed by atoms with van der Waals surface area (Å²) in [5, 5.41) is 14.5. The minimum atomic E-state index is -0.574. The van der Waals surface area contributed by atoms with Crippen molar-refractivity contribution < 1.29 is 9.45 Å². The second-order valence-corrected chi connectivity index (χ2v) is 4.01. The highest BCUT2D eigenvalue weighted by Gasteiger charge is 2.13. The summed E-state index contributed by atoms with van der Waals surface area (Å²) in [6.45, 7) is 1.61. The van der Waals surface area contributed by atoms with Crippen LogP contribution in [0.15, 0.2) is 27.5 Å². The summed E-state index contributed by atoms with van der Waals surface area (Å²) in [6.07, 6.45) is 0. The van der Waals surface area contributed by atoms with Crippen molar-refractivity contribution in [3.05, 3.63) is 44.6 Å². The molecular weight excluding hydrogens is 266 g/mol. The van der Waals surface area contributed by atoms with E-state index >= 15 is 0 Å². The number of aromatic nitrogens is 4. The molecule has 0 saturated carbocycles. The Morgan fingerprint density at radius 2 is 2.15 bits per heavy atom. The van der Waals surface area contributed by atoms with Crippen LogP contribution in [-0.2, 0) is 0 Å². The average molecular weight is 273 g/mol. The topological polar surface area (TPSA) is 128 Å². The number of aryl methyl sites for hydroxylation is 1. The lowest BCUT2D eigenvalue weighted by Crippen LogP contribution is -2.10. The van der Waals surface area contributed by atoms with Crippen molar-refractivity contribution in [2.45, 2.75) is 6.92 Å². The zero-order valence-electron chi connectivity index (χ0n) is 10.2. The van der Waals surface area contributed by atoms with Gasteiger partial charge < -0.3 is 9.51 Å². The first-order chi connectivity index (χ1) is 9.54. The number of hydrogen-bond donors (Lipinski definition) is 1. The molecule has 0 aliphatic carbocycles. The van der Waals surface area contributed by atoms with E-state index in [0.29, 0.717) is 11.4 Å². The summed E-state index contributed by atoms with van der Waals surface area (Å²) in [7, 11) is 0. The fourth-order valence-electron chi connectivity index (χ4n) is 1.74. The van der Waals surface area contributed by atoms with Gasteiger partial charge in [0.2, 0.25) is 11.7 Å². The molecule has 0 bridgehead atoms. The molecule has 9 nitrogen and oxygen atoms in total. The second kappa shape index (κ2) is 4.23. The van der Waals surface area contributed by atoms with E-state index in [0.717, 1.165) is 0 Å². The smallest absolute Gasteiger partial charge is 0.270 e. The molecule has 2 aromatic heterocycles. The fraction of sp³-hybridized carbons (Fsp3) is 0.0909. The number of nitro groups is 1. The van der Waals surface area contributed by atoms with Crippen molar-refractivity contribution in [1.82, 2.24) is 20.1 Å². The van der Waals surface area contributed by atoms with E-state index in [9.17, 15) is 14.9 Å². The molecule has 20 heavy (non-hydrogen) atoms. The Morgan fingerprint density at radius 1 is 1.35 bits per heavy atom. The molecule has 1 aromatic carbocycles. The minimum absolute atomic E-state index is 0.128. The molecule has 0 saturated heterocycles. The van der Waals surface area contributed by atoms with Crippen LogP contribution in [0.4, 0.5) is 5.69 Å². The van der Waals surface area contributed by atoms with E-state index in [-0.39, 0.29) is 22.7 Å². The van der Waals surface area contributed by atoms with Gasteiger partial charge in [-0.25, -0.2) is 4.98 Å². The zero-order chi connectivity index (χ0) is 14.3. The third-order valence-corrected chi connectivity index (χ3v) is 2.64. The molecule has 0 radical (unpaired) electrons. The highest BCUT2D eigenvalue weighted by Crippen LogP contribution is 2.18. The van der Waals surface area contributed by atoms with Gasteiger partial charge in [-0.1, -0.05) is 5.16 Å². The lowest BCUT2D eigenvalue weighted by molar-refractivity contribution is -0.384. The molecule has 1 N–H and O–H groups in total. The van der Waals surface area contributed by atoms with E-state index in [1.54, 1.807) is 6.92 Å². The largest absolute Gasteiger partial charge is 0.339 e. The molecule has 3 aromatic rings. The number of nitro benzene ring substituents is 1. The Hall–Kier alpha value is -3.10. The van der Waals surface area contributed by atoms with Crippen LogP contribution >= 0.6 is 0 Å². The number of nitrogens with one attached hydrogen (secondary N) is 1. The van der Waals surface area contributed by atoms with Gasteiger partial charge in [0.25, 0.3) is 11.2 Å². The molecular formula is C11H7N5O4. The summed E-state index contributed by atoms with van der Waals surface area (Å²) in [4.78, 5) is 32.6. The third kappa shape index (κ3) is 1.90. The number of non-ortho nitro benzene ring substituents is 1. The Bertz CT molecular complexity index is 882. The molecule has 2 heterocycles. The quantitative estimate of drug-likeness (QED) is 0.548. The van der Waals surface area contributed by atoms with Gasteiger partial charge >= 0.3 is 0 Å². The van der Waals surface area contributed by atoms with Crippen LogP contribution < -0.4 is 5.56 Å². The molecule has 0 fully saturated rings. The van der Waals surface area contributed by atoms with E-state index < -0.39 is 10.5 Å². The number of benzene rings is 1. The number of fused-ring (bicyclic) bond motifs is 1. The SMILES string of the molecule is Cc1nc(-c2nc3ccc([N+](=O)[O-])cc3c(=O)[nH]2)no1. The van der Waals surface area contributed by atoms with E-state index in [1.165, 1.54) is 18.2 Å². The Morgan fingerprint density at radius 3 is 2.80 bits per heavy atom. The molecule has 0 amide bonds. The molecule has 0 aliphatic heterocycles. The van der Waals surface area contributed by atoms with Crippen LogP contribution in [0.25, 0.3) is 22.6 Å². The summed E-state index contributed by atoms with van der Waals surface area (Å²) < 4.78 is 4.81. The van der Waals surface area contributed by atoms with Crippen LogP contribution in [0, 0.1) is 17.0 Å². The number of nitrogens with zero attached hydrogens (tertiary/aromatic N) is 4. The minimum Gasteiger partial charge on any atom is -0.339 e. The van der Waals surface area contributed by atoms with Crippen LogP contribution in [0.2, 0.25) is 0 Å². The number of rotatable bonds is 2. The lowest BCUT2D eigenvalue weighted by Gasteiger charge is -1.99. The summed E-state index contributed by atoms with van der Waals surface area (Å²) in [6, 6.07) is 3.85. The van der Waals surface area contributed by atoms with Gasteiger partial charge in [0.15, 0.2) is 5.82 Å². The maximum Gasteiger partial charge on any atom is 0.270 e. The highest BCUT2D eigenvalue weighted by atomic mass is 16.6. The van der Waals surface area contributed by atoms with Gasteiger partial charge in [0.05, 0.1) is 15.8 Å². The highest BCUT2D eigenvalue weighted by molar-refractivity contribution is 5.81. The Balaban J connectivity index is 2.23. The fourth-order valence-corrected chi connectivity index (χ4v) is 1.74. The van der Waals surface area contributed by atoms with Crippen LogP contribution in [0.5, 0.6) is 0 Å². The molecule has 0 unspecified atom stereocenters. The van der Waals surface area contributed by atoms with Crippen molar-refractivity contribution in [3.8, 4) is 11.6 Å². The third-order valence-electron chi connectivity index (χ3n) is 2.64. The van der Waals surface area contributed by atoms with Crippen LogP contribution in [-0.4, -0.2) is 25.0 Å².